The van der Waals surface area contributed by atoms with Gasteiger partial charge in [-0.15, -0.1) is 0 Å². The van der Waals surface area contributed by atoms with E-state index in [2.05, 4.69) is 50.4 Å². The van der Waals surface area contributed by atoms with Gasteiger partial charge in [-0.2, -0.15) is 0 Å². The van der Waals surface area contributed by atoms with Crippen molar-refractivity contribution in [2.75, 3.05) is 13.1 Å². The van der Waals surface area contributed by atoms with E-state index in [0.717, 1.165) is 29.7 Å². The molecule has 6 heteroatoms. The highest BCUT2D eigenvalue weighted by atomic mass is 35.5. The predicted molar refractivity (Wildman–Crippen MR) is 146 cm³/mol. The molecule has 3 nitrogen and oxygen atoms in total. The molecule has 0 bridgehead atoms. The molecular weight excluding hydrogens is 501 g/mol. The highest BCUT2D eigenvalue weighted by molar-refractivity contribution is 6.42. The first-order chi connectivity index (χ1) is 16.7. The van der Waals surface area contributed by atoms with E-state index in [-0.39, 0.29) is 11.5 Å². The number of halogens is 3. The molecule has 1 fully saturated rings. The minimum absolute atomic E-state index is 0.114. The zero-order chi connectivity index (χ0) is 25.1. The molecule has 4 rings (SSSR count). The van der Waals surface area contributed by atoms with Crippen molar-refractivity contribution in [1.29, 1.82) is 0 Å². The Hall–Kier alpha value is -1.59. The molecule has 1 aliphatic heterocycles. The van der Waals surface area contributed by atoms with Gasteiger partial charge in [0, 0.05) is 11.6 Å². The molecule has 1 aliphatic rings. The van der Waals surface area contributed by atoms with E-state index in [1.165, 1.54) is 5.56 Å². The SMILES string of the molecule is CC(C)(C)c1ccc(CO[C@]2(c3ccc(Cl)cc3)CCNC[C@@H]2OCc2ccc(Cl)c(Cl)c2)cc1. The van der Waals surface area contributed by atoms with Gasteiger partial charge in [0.1, 0.15) is 11.7 Å². The third kappa shape index (κ3) is 6.40. The first-order valence-corrected chi connectivity index (χ1v) is 13.1. The highest BCUT2D eigenvalue weighted by Crippen LogP contribution is 2.39. The Bertz CT molecular complexity index is 1130. The van der Waals surface area contributed by atoms with Gasteiger partial charge in [-0.1, -0.05) is 98.0 Å². The summed E-state index contributed by atoms with van der Waals surface area (Å²) in [5, 5.41) is 5.22. The molecule has 0 aliphatic carbocycles. The summed E-state index contributed by atoms with van der Waals surface area (Å²) in [6.07, 6.45) is 0.571. The molecule has 2 atom stereocenters. The predicted octanol–water partition coefficient (Wildman–Crippen LogP) is 7.94. The Kier molecular flexibility index (Phi) is 8.48. The van der Waals surface area contributed by atoms with Gasteiger partial charge in [-0.3, -0.25) is 0 Å². The molecule has 0 unspecified atom stereocenters. The smallest absolute Gasteiger partial charge is 0.122 e. The number of rotatable bonds is 7. The van der Waals surface area contributed by atoms with Gasteiger partial charge in [0.05, 0.1) is 23.3 Å². The van der Waals surface area contributed by atoms with Crippen molar-refractivity contribution >= 4 is 34.8 Å². The summed E-state index contributed by atoms with van der Waals surface area (Å²) in [5.41, 5.74) is 3.96. The van der Waals surface area contributed by atoms with Crippen LogP contribution in [0.1, 0.15) is 49.4 Å². The lowest BCUT2D eigenvalue weighted by molar-refractivity contribution is -0.176. The summed E-state index contributed by atoms with van der Waals surface area (Å²) in [6.45, 7) is 9.06. The Morgan fingerprint density at radius 2 is 1.54 bits per heavy atom. The van der Waals surface area contributed by atoms with E-state index in [4.69, 9.17) is 44.3 Å². The van der Waals surface area contributed by atoms with Gasteiger partial charge in [-0.25, -0.2) is 0 Å². The molecule has 1 N–H and O–H groups in total. The summed E-state index contributed by atoms with van der Waals surface area (Å²) < 4.78 is 13.3. The first kappa shape index (κ1) is 26.5. The van der Waals surface area contributed by atoms with Crippen molar-refractivity contribution < 1.29 is 9.47 Å². The zero-order valence-corrected chi connectivity index (χ0v) is 22.7. The van der Waals surface area contributed by atoms with Gasteiger partial charge in [0.15, 0.2) is 0 Å². The molecule has 1 heterocycles. The van der Waals surface area contributed by atoms with Crippen LogP contribution in [0.25, 0.3) is 0 Å². The molecule has 0 amide bonds. The lowest BCUT2D eigenvalue weighted by Crippen LogP contribution is -2.54. The number of benzene rings is 3. The lowest BCUT2D eigenvalue weighted by atomic mass is 9.82. The number of nitrogens with one attached hydrogen (secondary N) is 1. The monoisotopic (exact) mass is 531 g/mol. The second-order valence-electron chi connectivity index (χ2n) is 10.1. The van der Waals surface area contributed by atoms with Crippen molar-refractivity contribution in [1.82, 2.24) is 5.32 Å². The van der Waals surface area contributed by atoms with Crippen LogP contribution < -0.4 is 5.32 Å². The molecule has 0 radical (unpaired) electrons. The Balaban J connectivity index is 1.59. The number of piperidine rings is 1. The third-order valence-corrected chi connectivity index (χ3v) is 7.60. The van der Waals surface area contributed by atoms with Crippen molar-refractivity contribution in [3.8, 4) is 0 Å². The molecule has 1 saturated heterocycles. The van der Waals surface area contributed by atoms with E-state index in [1.54, 1.807) is 6.07 Å². The van der Waals surface area contributed by atoms with Gasteiger partial charge < -0.3 is 14.8 Å². The van der Waals surface area contributed by atoms with E-state index in [1.807, 2.05) is 36.4 Å². The van der Waals surface area contributed by atoms with Gasteiger partial charge in [0.25, 0.3) is 0 Å². The standard InChI is InChI=1S/C29H32Cl3NO2/c1-28(2,3)22-7-4-20(5-8-22)19-35-29(23-9-11-24(30)12-10-23)14-15-33-17-27(29)34-18-21-6-13-25(31)26(32)16-21/h4-13,16,27,33H,14-15,17-19H2,1-3H3/t27-,29-/m0/s1. The van der Waals surface area contributed by atoms with Crippen LogP contribution in [0.5, 0.6) is 0 Å². The van der Waals surface area contributed by atoms with E-state index in [0.29, 0.717) is 34.8 Å². The minimum Gasteiger partial charge on any atom is -0.369 e. The fourth-order valence-electron chi connectivity index (χ4n) is 4.48. The summed E-state index contributed by atoms with van der Waals surface area (Å²) in [7, 11) is 0. The van der Waals surface area contributed by atoms with Gasteiger partial charge >= 0.3 is 0 Å². The van der Waals surface area contributed by atoms with Crippen LogP contribution in [0, 0.1) is 0 Å². The normalized spacial score (nSPS) is 20.7. The summed E-state index contributed by atoms with van der Waals surface area (Å²) in [5.74, 6) is 0. The quantitative estimate of drug-likeness (QED) is 0.335. The van der Waals surface area contributed by atoms with Crippen LogP contribution in [0.15, 0.2) is 66.7 Å². The first-order valence-electron chi connectivity index (χ1n) is 11.9. The van der Waals surface area contributed by atoms with E-state index >= 15 is 0 Å². The maximum atomic E-state index is 6.80. The average molecular weight is 533 g/mol. The van der Waals surface area contributed by atoms with Gasteiger partial charge in [0.2, 0.25) is 0 Å². The topological polar surface area (TPSA) is 30.5 Å². The second-order valence-corrected chi connectivity index (χ2v) is 11.4. The van der Waals surface area contributed by atoms with Crippen LogP contribution >= 0.6 is 34.8 Å². The van der Waals surface area contributed by atoms with Crippen LogP contribution in [-0.2, 0) is 33.7 Å². The summed E-state index contributed by atoms with van der Waals surface area (Å²) in [4.78, 5) is 0. The van der Waals surface area contributed by atoms with Crippen molar-refractivity contribution in [2.24, 2.45) is 0 Å². The zero-order valence-electron chi connectivity index (χ0n) is 20.4. The van der Waals surface area contributed by atoms with Crippen molar-refractivity contribution in [3.63, 3.8) is 0 Å². The number of hydrogen-bond acceptors (Lipinski definition) is 3. The summed E-state index contributed by atoms with van der Waals surface area (Å²) in [6, 6.07) is 22.2. The van der Waals surface area contributed by atoms with E-state index < -0.39 is 5.60 Å². The molecule has 186 valence electrons. The molecule has 0 spiro atoms. The molecule has 3 aromatic rings. The van der Waals surface area contributed by atoms with Crippen molar-refractivity contribution in [2.45, 2.75) is 57.5 Å². The fourth-order valence-corrected chi connectivity index (χ4v) is 4.92. The van der Waals surface area contributed by atoms with Crippen LogP contribution in [-0.4, -0.2) is 19.2 Å². The van der Waals surface area contributed by atoms with Crippen LogP contribution in [0.4, 0.5) is 0 Å². The number of ether oxygens (including phenoxy) is 2. The average Bonchev–Trinajstić information content (AvgIpc) is 2.84. The Morgan fingerprint density at radius 1 is 0.857 bits per heavy atom. The Morgan fingerprint density at radius 3 is 2.20 bits per heavy atom. The second kappa shape index (κ2) is 11.2. The summed E-state index contributed by atoms with van der Waals surface area (Å²) >= 11 is 18.5. The third-order valence-electron chi connectivity index (χ3n) is 6.61. The van der Waals surface area contributed by atoms with Crippen molar-refractivity contribution in [3.05, 3.63) is 104 Å². The fraction of sp³-hybridized carbons (Fsp3) is 0.379. The Labute approximate surface area is 223 Å². The maximum absolute atomic E-state index is 6.80. The number of hydrogen-bond donors (Lipinski definition) is 1. The minimum atomic E-state index is -0.616. The molecule has 0 saturated carbocycles. The molecule has 35 heavy (non-hydrogen) atoms. The molecule has 0 aromatic heterocycles. The van der Waals surface area contributed by atoms with E-state index in [9.17, 15) is 0 Å². The van der Waals surface area contributed by atoms with Gasteiger partial charge in [-0.05, 0) is 64.9 Å². The molecule has 3 aromatic carbocycles. The van der Waals surface area contributed by atoms with Crippen LogP contribution in [0.2, 0.25) is 15.1 Å². The largest absolute Gasteiger partial charge is 0.369 e. The molecular formula is C29H32Cl3NO2. The maximum Gasteiger partial charge on any atom is 0.122 e. The lowest BCUT2D eigenvalue weighted by Gasteiger charge is -2.44. The highest BCUT2D eigenvalue weighted by Gasteiger charge is 2.44. The van der Waals surface area contributed by atoms with Crippen LogP contribution in [0.3, 0.4) is 0 Å².